The van der Waals surface area contributed by atoms with Gasteiger partial charge < -0.3 is 10.2 Å². The maximum absolute atomic E-state index is 12.4. The summed E-state index contributed by atoms with van der Waals surface area (Å²) >= 11 is 0. The molecule has 116 valence electrons. The first-order chi connectivity index (χ1) is 10.6. The fraction of sp³-hybridized carbons (Fsp3) is 0.333. The van der Waals surface area contributed by atoms with Crippen LogP contribution in [0.5, 0.6) is 0 Å². The topological polar surface area (TPSA) is 50.2 Å². The van der Waals surface area contributed by atoms with Gasteiger partial charge in [-0.05, 0) is 18.6 Å². The molecule has 1 aliphatic heterocycles. The first kappa shape index (κ1) is 14.5. The number of carbonyl (C=O) groups is 1. The highest BCUT2D eigenvalue weighted by Gasteiger charge is 2.32. The van der Waals surface area contributed by atoms with Gasteiger partial charge in [0.25, 0.3) is 6.43 Å². The van der Waals surface area contributed by atoms with Crippen molar-refractivity contribution in [3.63, 3.8) is 0 Å². The van der Waals surface area contributed by atoms with Gasteiger partial charge in [-0.25, -0.2) is 8.78 Å². The summed E-state index contributed by atoms with van der Waals surface area (Å²) in [5.74, 6) is -0.0205. The molecule has 1 aromatic heterocycles. The molecule has 22 heavy (non-hydrogen) atoms. The van der Waals surface area contributed by atoms with Crippen molar-refractivity contribution in [2.24, 2.45) is 0 Å². The zero-order valence-electron chi connectivity index (χ0n) is 11.8. The largest absolute Gasteiger partial charge is 0.371 e. The van der Waals surface area contributed by atoms with Gasteiger partial charge in [-0.1, -0.05) is 18.2 Å². The second-order valence-corrected chi connectivity index (χ2v) is 5.15. The van der Waals surface area contributed by atoms with Crippen molar-refractivity contribution in [3.8, 4) is 0 Å². The van der Waals surface area contributed by atoms with Crippen molar-refractivity contribution in [1.82, 2.24) is 9.78 Å². The molecule has 0 radical (unpaired) electrons. The standard InChI is InChI=1S/C15H16F2N4O/c16-14(17)10-20-9-11(8-18-20)19-13-6-7-21(15(13)22)12-4-2-1-3-5-12/h1-5,8-9,13-14,19H,6-7,10H2. The van der Waals surface area contributed by atoms with Gasteiger partial charge >= 0.3 is 0 Å². The van der Waals surface area contributed by atoms with Crippen LogP contribution in [0.25, 0.3) is 0 Å². The van der Waals surface area contributed by atoms with Gasteiger partial charge in [-0.2, -0.15) is 5.10 Å². The molecule has 1 amide bonds. The molecule has 3 rings (SSSR count). The Hall–Kier alpha value is -2.44. The molecule has 2 aromatic rings. The molecule has 1 aliphatic rings. The van der Waals surface area contributed by atoms with E-state index in [1.54, 1.807) is 4.90 Å². The van der Waals surface area contributed by atoms with E-state index < -0.39 is 13.0 Å². The molecule has 5 nitrogen and oxygen atoms in total. The Morgan fingerprint density at radius 1 is 1.32 bits per heavy atom. The van der Waals surface area contributed by atoms with Gasteiger partial charge in [-0.15, -0.1) is 0 Å². The van der Waals surface area contributed by atoms with Crippen LogP contribution >= 0.6 is 0 Å². The van der Waals surface area contributed by atoms with Gasteiger partial charge in [0.2, 0.25) is 5.91 Å². The lowest BCUT2D eigenvalue weighted by atomic mass is 10.2. The molecule has 0 saturated carbocycles. The molecule has 7 heteroatoms. The number of para-hydroxylation sites is 1. The number of aromatic nitrogens is 2. The minimum Gasteiger partial charge on any atom is -0.371 e. The summed E-state index contributed by atoms with van der Waals surface area (Å²) in [6, 6.07) is 9.10. The minimum atomic E-state index is -2.45. The van der Waals surface area contributed by atoms with Crippen molar-refractivity contribution in [1.29, 1.82) is 0 Å². The van der Waals surface area contributed by atoms with Crippen LogP contribution in [0.15, 0.2) is 42.7 Å². The number of halogens is 2. The molecule has 0 bridgehead atoms. The second-order valence-electron chi connectivity index (χ2n) is 5.15. The first-order valence-corrected chi connectivity index (χ1v) is 7.07. The molecule has 1 saturated heterocycles. The second kappa shape index (κ2) is 6.13. The molecule has 1 N–H and O–H groups in total. The lowest BCUT2D eigenvalue weighted by Crippen LogP contribution is -2.33. The number of hydrogen-bond acceptors (Lipinski definition) is 3. The molecule has 1 fully saturated rings. The molecular weight excluding hydrogens is 290 g/mol. The third-order valence-electron chi connectivity index (χ3n) is 3.57. The average molecular weight is 306 g/mol. The number of anilines is 2. The molecular formula is C15H16F2N4O. The lowest BCUT2D eigenvalue weighted by molar-refractivity contribution is -0.117. The number of alkyl halides is 2. The van der Waals surface area contributed by atoms with E-state index in [9.17, 15) is 13.6 Å². The predicted octanol–water partition coefficient (Wildman–Crippen LogP) is 2.37. The Labute approximate surface area is 126 Å². The summed E-state index contributed by atoms with van der Waals surface area (Å²) in [7, 11) is 0. The van der Waals surface area contributed by atoms with Crippen molar-refractivity contribution in [3.05, 3.63) is 42.7 Å². The van der Waals surface area contributed by atoms with E-state index >= 15 is 0 Å². The zero-order valence-corrected chi connectivity index (χ0v) is 11.8. The van der Waals surface area contributed by atoms with E-state index in [-0.39, 0.29) is 11.9 Å². The molecule has 1 unspecified atom stereocenters. The number of nitrogens with one attached hydrogen (secondary N) is 1. The third-order valence-corrected chi connectivity index (χ3v) is 3.57. The van der Waals surface area contributed by atoms with E-state index in [2.05, 4.69) is 10.4 Å². The van der Waals surface area contributed by atoms with Crippen LogP contribution < -0.4 is 10.2 Å². The number of hydrogen-bond donors (Lipinski definition) is 1. The van der Waals surface area contributed by atoms with Gasteiger partial charge in [0.15, 0.2) is 0 Å². The van der Waals surface area contributed by atoms with Crippen LogP contribution in [-0.2, 0) is 11.3 Å². The monoisotopic (exact) mass is 306 g/mol. The summed E-state index contributed by atoms with van der Waals surface area (Å²) in [5.41, 5.74) is 1.44. The van der Waals surface area contributed by atoms with Crippen LogP contribution in [0.3, 0.4) is 0 Å². The Morgan fingerprint density at radius 2 is 2.09 bits per heavy atom. The van der Waals surface area contributed by atoms with Gasteiger partial charge in [0, 0.05) is 18.4 Å². The summed E-state index contributed by atoms with van der Waals surface area (Å²) in [6.07, 6.45) is 1.16. The molecule has 2 heterocycles. The highest BCUT2D eigenvalue weighted by Crippen LogP contribution is 2.23. The quantitative estimate of drug-likeness (QED) is 0.922. The number of rotatable bonds is 5. The Balaban J connectivity index is 1.64. The summed E-state index contributed by atoms with van der Waals surface area (Å²) < 4.78 is 25.8. The van der Waals surface area contributed by atoms with E-state index in [4.69, 9.17) is 0 Å². The average Bonchev–Trinajstić information content (AvgIpc) is 3.08. The summed E-state index contributed by atoms with van der Waals surface area (Å²) in [5, 5.41) is 6.91. The van der Waals surface area contributed by atoms with Crippen LogP contribution in [0, 0.1) is 0 Å². The highest BCUT2D eigenvalue weighted by molar-refractivity contribution is 6.00. The third kappa shape index (κ3) is 3.08. The number of benzene rings is 1. The Bertz CT molecular complexity index is 644. The highest BCUT2D eigenvalue weighted by atomic mass is 19.3. The van der Waals surface area contributed by atoms with Gasteiger partial charge in [0.05, 0.1) is 11.9 Å². The minimum absolute atomic E-state index is 0.0205. The van der Waals surface area contributed by atoms with Crippen LogP contribution in [-0.4, -0.2) is 34.7 Å². The molecule has 0 spiro atoms. The van der Waals surface area contributed by atoms with Crippen molar-refractivity contribution >= 4 is 17.3 Å². The van der Waals surface area contributed by atoms with Crippen molar-refractivity contribution in [2.75, 3.05) is 16.8 Å². The van der Waals surface area contributed by atoms with Gasteiger partial charge in [-0.3, -0.25) is 9.48 Å². The first-order valence-electron chi connectivity index (χ1n) is 7.07. The van der Waals surface area contributed by atoms with Crippen LogP contribution in [0.1, 0.15) is 6.42 Å². The smallest absolute Gasteiger partial charge is 0.257 e. The number of nitrogens with zero attached hydrogens (tertiary/aromatic N) is 3. The Kier molecular flexibility index (Phi) is 4.04. The molecule has 1 aromatic carbocycles. The van der Waals surface area contributed by atoms with Crippen molar-refractivity contribution in [2.45, 2.75) is 25.4 Å². The summed E-state index contributed by atoms with van der Waals surface area (Å²) in [6.45, 7) is 0.183. The van der Waals surface area contributed by atoms with Crippen molar-refractivity contribution < 1.29 is 13.6 Å². The maximum atomic E-state index is 12.4. The Morgan fingerprint density at radius 3 is 2.82 bits per heavy atom. The number of amides is 1. The maximum Gasteiger partial charge on any atom is 0.257 e. The summed E-state index contributed by atoms with van der Waals surface area (Å²) in [4.78, 5) is 14.1. The lowest BCUT2D eigenvalue weighted by Gasteiger charge is -2.17. The fourth-order valence-electron chi connectivity index (χ4n) is 2.56. The van der Waals surface area contributed by atoms with E-state index in [0.29, 0.717) is 18.7 Å². The fourth-order valence-corrected chi connectivity index (χ4v) is 2.56. The molecule has 0 aliphatic carbocycles. The SMILES string of the molecule is O=C1C(Nc2cnn(CC(F)F)c2)CCN1c1ccccc1. The van der Waals surface area contributed by atoms with E-state index in [1.807, 2.05) is 30.3 Å². The predicted molar refractivity (Wildman–Crippen MR) is 79.1 cm³/mol. The van der Waals surface area contributed by atoms with Crippen LogP contribution in [0.4, 0.5) is 20.2 Å². The van der Waals surface area contributed by atoms with E-state index in [1.165, 1.54) is 17.1 Å². The number of carbonyl (C=O) groups excluding carboxylic acids is 1. The normalized spacial score (nSPS) is 18.2. The van der Waals surface area contributed by atoms with E-state index in [0.717, 1.165) is 5.69 Å². The van der Waals surface area contributed by atoms with Crippen LogP contribution in [0.2, 0.25) is 0 Å². The molecule has 1 atom stereocenters. The van der Waals surface area contributed by atoms with Gasteiger partial charge in [0.1, 0.15) is 12.6 Å². The zero-order chi connectivity index (χ0) is 15.5.